The van der Waals surface area contributed by atoms with Crippen molar-refractivity contribution in [2.75, 3.05) is 12.3 Å². The maximum atomic E-state index is 13.4. The lowest BCUT2D eigenvalue weighted by molar-refractivity contribution is -0.155. The van der Waals surface area contributed by atoms with Gasteiger partial charge in [0, 0.05) is 31.6 Å². The summed E-state index contributed by atoms with van der Waals surface area (Å²) >= 11 is 1.12. The van der Waals surface area contributed by atoms with Gasteiger partial charge in [0.15, 0.2) is 5.12 Å². The first-order valence-corrected chi connectivity index (χ1v) is 13.0. The van der Waals surface area contributed by atoms with E-state index < -0.39 is 24.2 Å². The third-order valence-corrected chi connectivity index (χ3v) is 7.30. The molecule has 2 N–H and O–H groups in total. The number of hydrogen-bond donors (Lipinski definition) is 2. The Morgan fingerprint density at radius 2 is 1.82 bits per heavy atom. The number of amides is 2. The van der Waals surface area contributed by atoms with E-state index >= 15 is 0 Å². The van der Waals surface area contributed by atoms with Crippen LogP contribution in [-0.4, -0.2) is 63.4 Å². The molecular formula is C25H34N2O6S. The van der Waals surface area contributed by atoms with Crippen molar-refractivity contribution >= 4 is 34.7 Å². The highest BCUT2D eigenvalue weighted by Gasteiger charge is 2.42. The molecular weight excluding hydrogens is 456 g/mol. The van der Waals surface area contributed by atoms with Gasteiger partial charge in [-0.2, -0.15) is 0 Å². The summed E-state index contributed by atoms with van der Waals surface area (Å²) < 4.78 is 5.44. The van der Waals surface area contributed by atoms with Gasteiger partial charge in [0.05, 0.1) is 6.10 Å². The van der Waals surface area contributed by atoms with E-state index in [1.807, 2.05) is 30.3 Å². The molecule has 2 saturated heterocycles. The molecule has 2 fully saturated rings. The monoisotopic (exact) mass is 490 g/mol. The summed E-state index contributed by atoms with van der Waals surface area (Å²) in [4.78, 5) is 52.0. The average Bonchev–Trinajstić information content (AvgIpc) is 3.22. The molecule has 0 spiro atoms. The van der Waals surface area contributed by atoms with Crippen LogP contribution in [-0.2, 0) is 30.5 Å². The third-order valence-electron chi connectivity index (χ3n) is 6.33. The topological polar surface area (TPSA) is 113 Å². The molecule has 2 heterocycles. The molecule has 0 saturated carbocycles. The molecule has 8 nitrogen and oxygen atoms in total. The second-order valence-corrected chi connectivity index (χ2v) is 10.2. The SMILES string of the molecule is CC(=O)SCC1CCCCCCC(C(=O)N2CC(O)C[C@H]2C(=O)OCc2ccccc2)NC1=O. The number of carbonyl (C=O) groups excluding carboxylic acids is 4. The molecule has 2 amide bonds. The van der Waals surface area contributed by atoms with Crippen molar-refractivity contribution in [3.63, 3.8) is 0 Å². The van der Waals surface area contributed by atoms with Gasteiger partial charge in [0.1, 0.15) is 18.7 Å². The number of ether oxygens (including phenoxy) is 1. The van der Waals surface area contributed by atoms with Gasteiger partial charge in [-0.15, -0.1) is 0 Å². The second-order valence-electron chi connectivity index (χ2n) is 9.04. The molecule has 0 aromatic heterocycles. The Kier molecular flexibility index (Phi) is 9.95. The van der Waals surface area contributed by atoms with Crippen molar-refractivity contribution in [1.29, 1.82) is 0 Å². The lowest BCUT2D eigenvalue weighted by Crippen LogP contribution is -2.53. The molecule has 0 aliphatic carbocycles. The van der Waals surface area contributed by atoms with E-state index in [-0.39, 0.29) is 42.4 Å². The Balaban J connectivity index is 1.67. The number of esters is 1. The van der Waals surface area contributed by atoms with Gasteiger partial charge >= 0.3 is 5.97 Å². The number of thioether (sulfide) groups is 1. The minimum Gasteiger partial charge on any atom is -0.459 e. The quantitative estimate of drug-likeness (QED) is 0.589. The van der Waals surface area contributed by atoms with Gasteiger partial charge in [0.2, 0.25) is 11.8 Å². The molecule has 1 aromatic carbocycles. The van der Waals surface area contributed by atoms with Gasteiger partial charge in [-0.1, -0.05) is 67.8 Å². The normalized spacial score (nSPS) is 25.9. The summed E-state index contributed by atoms with van der Waals surface area (Å²) in [7, 11) is 0. The second kappa shape index (κ2) is 12.9. The molecule has 3 rings (SSSR count). The highest BCUT2D eigenvalue weighted by atomic mass is 32.2. The van der Waals surface area contributed by atoms with Gasteiger partial charge < -0.3 is 20.1 Å². The number of β-amino-alcohol motifs (C(OH)–C–C–N with tert-alkyl or cyclic N) is 1. The molecule has 2 aliphatic heterocycles. The number of likely N-dealkylation sites (tertiary alicyclic amines) is 1. The molecule has 3 unspecified atom stereocenters. The standard InChI is InChI=1S/C25H34N2O6S/c1-17(28)34-16-19-11-7-2-3-8-12-21(26-23(19)30)24(31)27-14-20(29)13-22(27)25(32)33-15-18-9-5-4-6-10-18/h4-6,9-10,19-22,29H,2-3,7-8,11-16H2,1H3,(H,26,30)/t19?,20?,21?,22-/m0/s1. The number of aliphatic hydroxyl groups excluding tert-OH is 1. The maximum absolute atomic E-state index is 13.4. The van der Waals surface area contributed by atoms with Crippen molar-refractivity contribution in [2.45, 2.75) is 76.7 Å². The number of rotatable bonds is 6. The molecule has 0 bridgehead atoms. The number of nitrogens with zero attached hydrogens (tertiary/aromatic N) is 1. The van der Waals surface area contributed by atoms with Crippen molar-refractivity contribution in [1.82, 2.24) is 10.2 Å². The van der Waals surface area contributed by atoms with E-state index in [0.29, 0.717) is 18.6 Å². The van der Waals surface area contributed by atoms with Crippen molar-refractivity contribution in [3.8, 4) is 0 Å². The van der Waals surface area contributed by atoms with Crippen molar-refractivity contribution in [3.05, 3.63) is 35.9 Å². The van der Waals surface area contributed by atoms with E-state index in [2.05, 4.69) is 5.32 Å². The van der Waals surface area contributed by atoms with Crippen LogP contribution in [0.5, 0.6) is 0 Å². The Morgan fingerprint density at radius 3 is 2.53 bits per heavy atom. The van der Waals surface area contributed by atoms with Crippen LogP contribution in [0.4, 0.5) is 0 Å². The average molecular weight is 491 g/mol. The molecule has 1 aromatic rings. The molecule has 34 heavy (non-hydrogen) atoms. The lowest BCUT2D eigenvalue weighted by atomic mass is 9.97. The molecule has 186 valence electrons. The zero-order chi connectivity index (χ0) is 24.5. The van der Waals surface area contributed by atoms with Crippen LogP contribution in [0, 0.1) is 5.92 Å². The third kappa shape index (κ3) is 7.56. The van der Waals surface area contributed by atoms with Gasteiger partial charge in [-0.05, 0) is 18.4 Å². The van der Waals surface area contributed by atoms with Crippen molar-refractivity contribution in [2.24, 2.45) is 5.92 Å². The summed E-state index contributed by atoms with van der Waals surface area (Å²) in [5, 5.41) is 13.1. The predicted octanol–water partition coefficient (Wildman–Crippen LogP) is 2.43. The van der Waals surface area contributed by atoms with Crippen molar-refractivity contribution < 1.29 is 29.0 Å². The van der Waals surface area contributed by atoms with Crippen LogP contribution in [0.1, 0.15) is 57.4 Å². The fraction of sp³-hybridized carbons (Fsp3) is 0.600. The maximum Gasteiger partial charge on any atom is 0.329 e. The van der Waals surface area contributed by atoms with Crippen LogP contribution in [0.15, 0.2) is 30.3 Å². The highest BCUT2D eigenvalue weighted by molar-refractivity contribution is 8.13. The minimum atomic E-state index is -0.886. The highest BCUT2D eigenvalue weighted by Crippen LogP contribution is 2.24. The summed E-state index contributed by atoms with van der Waals surface area (Å²) in [5.74, 6) is -1.13. The van der Waals surface area contributed by atoms with E-state index in [1.165, 1.54) is 11.8 Å². The fourth-order valence-electron chi connectivity index (χ4n) is 4.45. The number of carbonyl (C=O) groups is 4. The number of aliphatic hydroxyl groups is 1. The molecule has 9 heteroatoms. The molecule has 0 radical (unpaired) electrons. The first-order chi connectivity index (χ1) is 16.3. The summed E-state index contributed by atoms with van der Waals surface area (Å²) in [5.41, 5.74) is 0.835. The first kappa shape index (κ1) is 26.2. The Bertz CT molecular complexity index is 864. The van der Waals surface area contributed by atoms with E-state index in [9.17, 15) is 24.3 Å². The van der Waals surface area contributed by atoms with Gasteiger partial charge in [-0.3, -0.25) is 14.4 Å². The largest absolute Gasteiger partial charge is 0.459 e. The van der Waals surface area contributed by atoms with E-state index in [4.69, 9.17) is 4.74 Å². The van der Waals surface area contributed by atoms with Crippen LogP contribution in [0.2, 0.25) is 0 Å². The minimum absolute atomic E-state index is 0.0277. The zero-order valence-electron chi connectivity index (χ0n) is 19.6. The summed E-state index contributed by atoms with van der Waals surface area (Å²) in [6.45, 7) is 1.59. The number of hydrogen-bond acceptors (Lipinski definition) is 7. The van der Waals surface area contributed by atoms with Gasteiger partial charge in [0.25, 0.3) is 0 Å². The number of nitrogens with one attached hydrogen (secondary N) is 1. The van der Waals surface area contributed by atoms with E-state index in [1.54, 1.807) is 0 Å². The zero-order valence-corrected chi connectivity index (χ0v) is 20.4. The van der Waals surface area contributed by atoms with E-state index in [0.717, 1.165) is 43.0 Å². The Labute approximate surface area is 204 Å². The fourth-order valence-corrected chi connectivity index (χ4v) is 5.21. The molecule has 2 aliphatic rings. The number of benzene rings is 1. The van der Waals surface area contributed by atoms with Crippen LogP contribution in [0.3, 0.4) is 0 Å². The lowest BCUT2D eigenvalue weighted by Gasteiger charge is -2.29. The van der Waals surface area contributed by atoms with Crippen LogP contribution >= 0.6 is 11.8 Å². The van der Waals surface area contributed by atoms with Gasteiger partial charge in [-0.25, -0.2) is 4.79 Å². The molecule has 4 atom stereocenters. The summed E-state index contributed by atoms with van der Waals surface area (Å²) in [6, 6.07) is 7.60. The Hall–Kier alpha value is -2.39. The van der Waals surface area contributed by atoms with Crippen LogP contribution in [0.25, 0.3) is 0 Å². The first-order valence-electron chi connectivity index (χ1n) is 12.0. The summed E-state index contributed by atoms with van der Waals surface area (Å²) in [6.07, 6.45) is 4.01. The smallest absolute Gasteiger partial charge is 0.329 e. The Morgan fingerprint density at radius 1 is 1.12 bits per heavy atom. The predicted molar refractivity (Wildman–Crippen MR) is 129 cm³/mol. The van der Waals surface area contributed by atoms with Crippen LogP contribution < -0.4 is 5.32 Å².